The van der Waals surface area contributed by atoms with Crippen molar-refractivity contribution in [3.63, 3.8) is 0 Å². The summed E-state index contributed by atoms with van der Waals surface area (Å²) in [6.45, 7) is 2.15. The summed E-state index contributed by atoms with van der Waals surface area (Å²) in [7, 11) is 0. The molecule has 1 atom stereocenters. The Labute approximate surface area is 222 Å². The first-order valence-electron chi connectivity index (χ1n) is 13.2. The van der Waals surface area contributed by atoms with Gasteiger partial charge in [0.25, 0.3) is 0 Å². The molecular formula is C28H29ClFN7. The number of benzene rings is 2. The quantitative estimate of drug-likeness (QED) is 0.285. The predicted octanol–water partition coefficient (Wildman–Crippen LogP) is 6.13. The van der Waals surface area contributed by atoms with Gasteiger partial charge >= 0.3 is 0 Å². The van der Waals surface area contributed by atoms with Gasteiger partial charge in [0.05, 0.1) is 34.9 Å². The normalized spacial score (nSPS) is 20.2. The topological polar surface area (TPSA) is 88.0 Å². The van der Waals surface area contributed by atoms with Crippen LogP contribution in [0.1, 0.15) is 64.0 Å². The summed E-state index contributed by atoms with van der Waals surface area (Å²) < 4.78 is 23.4. The van der Waals surface area contributed by atoms with Crippen LogP contribution in [0.15, 0.2) is 54.5 Å². The van der Waals surface area contributed by atoms with Crippen LogP contribution in [0.25, 0.3) is 10.9 Å². The van der Waals surface area contributed by atoms with E-state index in [1.807, 2.05) is 17.3 Å². The number of anilines is 2. The van der Waals surface area contributed by atoms with Crippen molar-refractivity contribution in [3.05, 3.63) is 76.5 Å². The zero-order valence-corrected chi connectivity index (χ0v) is 21.3. The second-order valence-corrected chi connectivity index (χ2v) is 10.5. The average molecular weight is 519 g/mol. The number of nitrogens with zero attached hydrogens (tertiary/aromatic N) is 3. The first-order chi connectivity index (χ1) is 18.3. The Kier molecular flexibility index (Phi) is 5.75. The highest BCUT2D eigenvalue weighted by Gasteiger charge is 2.36. The average Bonchev–Trinajstić information content (AvgIpc) is 3.62. The molecule has 0 bridgehead atoms. The molecule has 2 aromatic carbocycles. The molecule has 0 radical (unpaired) electrons. The number of hydrogen-bond donors (Lipinski definition) is 4. The number of nitrogens with one attached hydrogen (secondary N) is 4. The lowest BCUT2D eigenvalue weighted by atomic mass is 9.74. The largest absolute Gasteiger partial charge is 0.378 e. The predicted molar refractivity (Wildman–Crippen MR) is 144 cm³/mol. The highest BCUT2D eigenvalue weighted by Crippen LogP contribution is 2.42. The molecule has 190 valence electrons. The number of rotatable bonds is 8. The summed E-state index contributed by atoms with van der Waals surface area (Å²) in [5, 5.41) is 20.0. The third-order valence-corrected chi connectivity index (χ3v) is 7.91. The smallest absolute Gasteiger partial charge is 0.123 e. The molecule has 4 N–H and O–H groups in total. The van der Waals surface area contributed by atoms with Crippen LogP contribution in [0.4, 0.5) is 15.8 Å². The Balaban J connectivity index is 1.45. The van der Waals surface area contributed by atoms with Crippen molar-refractivity contribution in [1.82, 2.24) is 21.0 Å². The minimum Gasteiger partial charge on any atom is -0.378 e. The van der Waals surface area contributed by atoms with E-state index in [4.69, 9.17) is 11.6 Å². The third-order valence-electron chi connectivity index (χ3n) is 7.62. The molecule has 9 heteroatoms. The summed E-state index contributed by atoms with van der Waals surface area (Å²) in [6, 6.07) is 10.7. The Morgan fingerprint density at radius 2 is 2.11 bits per heavy atom. The van der Waals surface area contributed by atoms with Gasteiger partial charge in [0.2, 0.25) is 0 Å². The summed E-state index contributed by atoms with van der Waals surface area (Å²) in [6.07, 6.45) is 9.76. The monoisotopic (exact) mass is 518 g/mol. The van der Waals surface area contributed by atoms with Crippen molar-refractivity contribution in [2.75, 3.05) is 10.6 Å². The first kappa shape index (κ1) is 22.6. The summed E-state index contributed by atoms with van der Waals surface area (Å²) in [5.74, 6) is -0.373. The van der Waals surface area contributed by atoms with E-state index in [1.54, 1.807) is 24.4 Å². The number of pyridine rings is 1. The molecular weight excluding hydrogens is 489 g/mol. The van der Waals surface area contributed by atoms with E-state index < -0.39 is 6.02 Å². The van der Waals surface area contributed by atoms with Crippen molar-refractivity contribution in [2.45, 2.75) is 63.0 Å². The second-order valence-electron chi connectivity index (χ2n) is 10.1. The van der Waals surface area contributed by atoms with E-state index in [2.05, 4.69) is 39.6 Å². The molecule has 0 amide bonds. The molecule has 1 aliphatic heterocycles. The first-order valence-corrected chi connectivity index (χ1v) is 13.1. The Morgan fingerprint density at radius 1 is 1.32 bits per heavy atom. The Hall–Kier alpha value is -3.54. The number of hydrogen-bond acceptors (Lipinski definition) is 7. The van der Waals surface area contributed by atoms with Gasteiger partial charge in [-0.25, -0.2) is 4.39 Å². The molecule has 0 unspecified atom stereocenters. The maximum absolute atomic E-state index is 13.8. The Morgan fingerprint density at radius 3 is 2.76 bits per heavy atom. The maximum atomic E-state index is 13.8. The number of halogens is 2. The molecule has 0 spiro atoms. The fourth-order valence-electron chi connectivity index (χ4n) is 5.05. The second kappa shape index (κ2) is 9.40. The van der Waals surface area contributed by atoms with Gasteiger partial charge < -0.3 is 16.1 Å². The molecule has 2 heterocycles. The van der Waals surface area contributed by atoms with E-state index in [-0.39, 0.29) is 11.4 Å². The molecule has 37 heavy (non-hydrogen) atoms. The maximum Gasteiger partial charge on any atom is 0.123 e. The fraction of sp³-hybridized carbons (Fsp3) is 0.357. The number of fused-ring (bicyclic) bond motifs is 1. The van der Waals surface area contributed by atoms with E-state index in [0.717, 1.165) is 38.5 Å². The lowest BCUT2D eigenvalue weighted by Crippen LogP contribution is -2.44. The van der Waals surface area contributed by atoms with E-state index >= 15 is 0 Å². The minimum absolute atomic E-state index is 0.0559. The zero-order chi connectivity index (χ0) is 26.5. The van der Waals surface area contributed by atoms with Crippen LogP contribution in [-0.2, 0) is 0 Å². The molecule has 2 saturated carbocycles. The minimum atomic E-state index is -1.49. The van der Waals surface area contributed by atoms with Crippen molar-refractivity contribution in [2.24, 2.45) is 0 Å². The van der Waals surface area contributed by atoms with Gasteiger partial charge in [-0.2, -0.15) is 5.26 Å². The third kappa shape index (κ3) is 4.54. The van der Waals surface area contributed by atoms with Crippen molar-refractivity contribution in [1.29, 1.82) is 5.26 Å². The van der Waals surface area contributed by atoms with Gasteiger partial charge in [0.15, 0.2) is 0 Å². The fourth-order valence-corrected chi connectivity index (χ4v) is 5.32. The molecule has 7 nitrogen and oxygen atoms in total. The molecule has 3 aliphatic rings. The summed E-state index contributed by atoms with van der Waals surface area (Å²) >= 11 is 6.74. The van der Waals surface area contributed by atoms with Crippen LogP contribution in [0.3, 0.4) is 0 Å². The van der Waals surface area contributed by atoms with Crippen LogP contribution in [0.5, 0.6) is 0 Å². The number of aromatic nitrogens is 1. The lowest BCUT2D eigenvalue weighted by molar-refractivity contribution is 0.260. The van der Waals surface area contributed by atoms with Gasteiger partial charge in [-0.15, -0.1) is 5.53 Å². The Bertz CT molecular complexity index is 1460. The number of nitriles is 1. The van der Waals surface area contributed by atoms with E-state index in [1.165, 1.54) is 12.1 Å². The van der Waals surface area contributed by atoms with Crippen molar-refractivity contribution in [3.8, 4) is 6.07 Å². The van der Waals surface area contributed by atoms with Crippen LogP contribution in [0.2, 0.25) is 5.02 Å². The van der Waals surface area contributed by atoms with Crippen LogP contribution >= 0.6 is 11.6 Å². The van der Waals surface area contributed by atoms with Crippen LogP contribution in [0, 0.1) is 17.1 Å². The SMILES string of the molecule is [2H][C@](Nc1cc(Cl)c2ncc(C#N)c(NC3(CC)CCC3)c2c1)(C1=CN(C2CC2)NN1)c1ccc(F)cc1. The van der Waals surface area contributed by atoms with E-state index in [0.29, 0.717) is 50.2 Å². The molecule has 1 aromatic heterocycles. The lowest BCUT2D eigenvalue weighted by Gasteiger charge is -2.43. The standard InChI is InChI=1S/C28H29ClFN7/c1-2-28(10-3-11-28)34-25-18(14-31)15-32-27-22(25)12-20(13-23(27)29)33-26(17-4-6-19(30)7-5-17)24-16-37(36-35-24)21-8-9-21/h4-7,12-13,15-16,21,26,33,35-36H,2-3,8-11H2,1H3,(H,32,34)/t26-/m1/s1/i26D. The molecule has 2 fully saturated rings. The number of hydrazine groups is 2. The van der Waals surface area contributed by atoms with Gasteiger partial charge in [-0.3, -0.25) is 9.99 Å². The molecule has 3 aromatic rings. The van der Waals surface area contributed by atoms with Gasteiger partial charge in [-0.05, 0) is 68.4 Å². The molecule has 2 aliphatic carbocycles. The van der Waals surface area contributed by atoms with Crippen molar-refractivity contribution >= 4 is 33.9 Å². The molecule has 0 saturated heterocycles. The van der Waals surface area contributed by atoms with Crippen LogP contribution < -0.4 is 21.6 Å². The highest BCUT2D eigenvalue weighted by molar-refractivity contribution is 6.35. The van der Waals surface area contributed by atoms with Gasteiger partial charge in [0.1, 0.15) is 11.9 Å². The highest BCUT2D eigenvalue weighted by atomic mass is 35.5. The summed E-state index contributed by atoms with van der Waals surface area (Å²) in [5.41, 5.74) is 9.64. The van der Waals surface area contributed by atoms with Gasteiger partial charge in [0, 0.05) is 35.1 Å². The van der Waals surface area contributed by atoms with Gasteiger partial charge in [-0.1, -0.05) is 30.7 Å². The zero-order valence-electron chi connectivity index (χ0n) is 21.5. The van der Waals surface area contributed by atoms with Crippen LogP contribution in [-0.4, -0.2) is 21.6 Å². The van der Waals surface area contributed by atoms with E-state index in [9.17, 15) is 11.0 Å². The molecule has 6 rings (SSSR count). The summed E-state index contributed by atoms with van der Waals surface area (Å²) in [4.78, 5) is 4.48. The van der Waals surface area contributed by atoms with Crippen molar-refractivity contribution < 1.29 is 5.76 Å².